The fraction of sp³-hybridized carbons (Fsp3) is 0.900. The first-order valence-corrected chi connectivity index (χ1v) is 6.99. The Morgan fingerprint density at radius 2 is 2.07 bits per heavy atom. The maximum Gasteiger partial charge on any atom is 0.236 e. The van der Waals surface area contributed by atoms with Crippen LogP contribution in [-0.4, -0.2) is 34.7 Å². The topological polar surface area (TPSA) is 72.2 Å². The summed E-state index contributed by atoms with van der Waals surface area (Å²) in [7, 11) is -0.783. The molecular weight excluding hydrogens is 212 g/mol. The Kier molecular flexibility index (Phi) is 7.60. The Bertz CT molecular complexity index is 219. The van der Waals surface area contributed by atoms with E-state index in [4.69, 9.17) is 5.73 Å². The molecule has 0 spiro atoms. The van der Waals surface area contributed by atoms with Crippen LogP contribution < -0.4 is 11.1 Å². The fourth-order valence-electron chi connectivity index (χ4n) is 1.23. The van der Waals surface area contributed by atoms with E-state index in [-0.39, 0.29) is 5.91 Å². The summed E-state index contributed by atoms with van der Waals surface area (Å²) in [6.07, 6.45) is 3.10. The summed E-state index contributed by atoms with van der Waals surface area (Å²) in [4.78, 5) is 11.4. The maximum atomic E-state index is 11.4. The zero-order valence-electron chi connectivity index (χ0n) is 9.79. The number of hydrogen-bond acceptors (Lipinski definition) is 3. The molecule has 15 heavy (non-hydrogen) atoms. The highest BCUT2D eigenvalue weighted by Crippen LogP contribution is 2.02. The van der Waals surface area contributed by atoms with Crippen LogP contribution in [0.2, 0.25) is 0 Å². The number of amides is 1. The Balaban J connectivity index is 3.60. The zero-order chi connectivity index (χ0) is 11.8. The maximum absolute atomic E-state index is 11.4. The third kappa shape index (κ3) is 8.57. The van der Waals surface area contributed by atoms with E-state index in [0.29, 0.717) is 24.6 Å². The lowest BCUT2D eigenvalue weighted by Crippen LogP contribution is -2.41. The predicted molar refractivity (Wildman–Crippen MR) is 64.0 cm³/mol. The summed E-state index contributed by atoms with van der Waals surface area (Å²) in [6, 6.07) is -0.419. The molecule has 0 aliphatic heterocycles. The number of carbonyl (C=O) groups excluding carboxylic acids is 1. The molecule has 0 aliphatic carbocycles. The average molecular weight is 234 g/mol. The van der Waals surface area contributed by atoms with E-state index < -0.39 is 16.8 Å². The van der Waals surface area contributed by atoms with E-state index >= 15 is 0 Å². The molecule has 2 atom stereocenters. The van der Waals surface area contributed by atoms with Crippen LogP contribution in [0, 0.1) is 5.92 Å². The second kappa shape index (κ2) is 7.82. The molecule has 0 aromatic rings. The largest absolute Gasteiger partial charge is 0.355 e. The van der Waals surface area contributed by atoms with Crippen molar-refractivity contribution >= 4 is 16.7 Å². The second-order valence-corrected chi connectivity index (χ2v) is 5.71. The van der Waals surface area contributed by atoms with Crippen LogP contribution in [0.15, 0.2) is 0 Å². The summed E-state index contributed by atoms with van der Waals surface area (Å²) in [5.74, 6) is 0.944. The van der Waals surface area contributed by atoms with Gasteiger partial charge in [0.05, 0.1) is 6.04 Å². The van der Waals surface area contributed by atoms with Gasteiger partial charge in [-0.25, -0.2) is 0 Å². The molecule has 0 rings (SSSR count). The standard InChI is InChI=1S/C10H22N2O2S/c1-8(2)7-9(11)10(13)12-5-4-6-15(3)14/h8-9H,4-7,11H2,1-3H3,(H,12,13)/t9-,15?/m1/s1. The van der Waals surface area contributed by atoms with Crippen molar-refractivity contribution in [2.24, 2.45) is 11.7 Å². The molecule has 0 radical (unpaired) electrons. The number of nitrogens with two attached hydrogens (primary N) is 1. The summed E-state index contributed by atoms with van der Waals surface area (Å²) in [6.45, 7) is 4.63. The number of carbonyl (C=O) groups is 1. The van der Waals surface area contributed by atoms with Crippen LogP contribution >= 0.6 is 0 Å². The van der Waals surface area contributed by atoms with Gasteiger partial charge in [0, 0.05) is 29.4 Å². The molecule has 0 heterocycles. The lowest BCUT2D eigenvalue weighted by atomic mass is 10.0. The van der Waals surface area contributed by atoms with Crippen molar-refractivity contribution < 1.29 is 9.00 Å². The summed E-state index contributed by atoms with van der Waals surface area (Å²) >= 11 is 0. The Labute approximate surface area is 94.4 Å². The van der Waals surface area contributed by atoms with E-state index in [1.165, 1.54) is 0 Å². The molecule has 90 valence electrons. The highest BCUT2D eigenvalue weighted by atomic mass is 32.2. The number of hydrogen-bond donors (Lipinski definition) is 2. The molecule has 0 bridgehead atoms. The lowest BCUT2D eigenvalue weighted by molar-refractivity contribution is -0.122. The normalized spacial score (nSPS) is 15.0. The quantitative estimate of drug-likeness (QED) is 0.620. The molecule has 0 aromatic carbocycles. The molecule has 0 aliphatic rings. The van der Waals surface area contributed by atoms with Gasteiger partial charge in [0.25, 0.3) is 0 Å². The highest BCUT2D eigenvalue weighted by molar-refractivity contribution is 7.84. The molecule has 0 fully saturated rings. The average Bonchev–Trinajstić information content (AvgIpc) is 2.10. The van der Waals surface area contributed by atoms with Crippen LogP contribution in [-0.2, 0) is 15.6 Å². The first kappa shape index (κ1) is 14.6. The van der Waals surface area contributed by atoms with Gasteiger partial charge in [0.2, 0.25) is 5.91 Å². The third-order valence-electron chi connectivity index (χ3n) is 1.97. The molecule has 0 aromatic heterocycles. The summed E-state index contributed by atoms with van der Waals surface area (Å²) in [5, 5.41) is 2.74. The minimum Gasteiger partial charge on any atom is -0.355 e. The van der Waals surface area contributed by atoms with Gasteiger partial charge in [-0.1, -0.05) is 13.8 Å². The summed E-state index contributed by atoms with van der Waals surface area (Å²) in [5.41, 5.74) is 5.69. The Morgan fingerprint density at radius 3 is 2.53 bits per heavy atom. The van der Waals surface area contributed by atoms with Crippen LogP contribution in [0.25, 0.3) is 0 Å². The van der Waals surface area contributed by atoms with E-state index in [1.54, 1.807) is 6.26 Å². The zero-order valence-corrected chi connectivity index (χ0v) is 10.6. The Morgan fingerprint density at radius 1 is 1.47 bits per heavy atom. The van der Waals surface area contributed by atoms with E-state index in [0.717, 1.165) is 6.42 Å². The smallest absolute Gasteiger partial charge is 0.236 e. The van der Waals surface area contributed by atoms with Crippen molar-refractivity contribution in [1.29, 1.82) is 0 Å². The van der Waals surface area contributed by atoms with Crippen molar-refractivity contribution in [3.63, 3.8) is 0 Å². The van der Waals surface area contributed by atoms with E-state index in [1.807, 2.05) is 13.8 Å². The summed E-state index contributed by atoms with van der Waals surface area (Å²) < 4.78 is 10.7. The van der Waals surface area contributed by atoms with E-state index in [9.17, 15) is 9.00 Å². The monoisotopic (exact) mass is 234 g/mol. The van der Waals surface area contributed by atoms with Gasteiger partial charge in [-0.05, 0) is 18.8 Å². The Hall–Kier alpha value is -0.420. The highest BCUT2D eigenvalue weighted by Gasteiger charge is 2.13. The fourth-order valence-corrected chi connectivity index (χ4v) is 1.78. The van der Waals surface area contributed by atoms with Crippen LogP contribution in [0.1, 0.15) is 26.7 Å². The van der Waals surface area contributed by atoms with Gasteiger partial charge in [-0.2, -0.15) is 0 Å². The minimum atomic E-state index is -0.783. The minimum absolute atomic E-state index is 0.106. The van der Waals surface area contributed by atoms with Crippen molar-refractivity contribution in [2.75, 3.05) is 18.6 Å². The lowest BCUT2D eigenvalue weighted by Gasteiger charge is -2.13. The van der Waals surface area contributed by atoms with Crippen molar-refractivity contribution in [1.82, 2.24) is 5.32 Å². The third-order valence-corrected chi connectivity index (χ3v) is 2.83. The first-order chi connectivity index (χ1) is 6.93. The van der Waals surface area contributed by atoms with Crippen molar-refractivity contribution in [2.45, 2.75) is 32.7 Å². The first-order valence-electron chi connectivity index (χ1n) is 5.26. The van der Waals surface area contributed by atoms with Crippen LogP contribution in [0.5, 0.6) is 0 Å². The van der Waals surface area contributed by atoms with Gasteiger partial charge in [-0.15, -0.1) is 0 Å². The van der Waals surface area contributed by atoms with Crippen molar-refractivity contribution in [3.8, 4) is 0 Å². The van der Waals surface area contributed by atoms with Gasteiger partial charge >= 0.3 is 0 Å². The van der Waals surface area contributed by atoms with Crippen LogP contribution in [0.3, 0.4) is 0 Å². The van der Waals surface area contributed by atoms with Gasteiger partial charge in [0.15, 0.2) is 0 Å². The number of nitrogens with one attached hydrogen (secondary N) is 1. The van der Waals surface area contributed by atoms with Gasteiger partial charge < -0.3 is 11.1 Å². The van der Waals surface area contributed by atoms with Gasteiger partial charge in [-0.3, -0.25) is 9.00 Å². The molecule has 0 saturated carbocycles. The molecule has 0 saturated heterocycles. The van der Waals surface area contributed by atoms with Crippen LogP contribution in [0.4, 0.5) is 0 Å². The second-order valence-electron chi connectivity index (χ2n) is 4.16. The van der Waals surface area contributed by atoms with Crippen molar-refractivity contribution in [3.05, 3.63) is 0 Å². The molecule has 3 N–H and O–H groups in total. The molecule has 1 unspecified atom stereocenters. The van der Waals surface area contributed by atoms with E-state index in [2.05, 4.69) is 5.32 Å². The molecular formula is C10H22N2O2S. The SMILES string of the molecule is CC(C)C[C@@H](N)C(=O)NCCCS(C)=O. The molecule has 5 heteroatoms. The number of rotatable bonds is 7. The van der Waals surface area contributed by atoms with Gasteiger partial charge in [0.1, 0.15) is 0 Å². The predicted octanol–water partition coefficient (Wildman–Crippen LogP) is 0.245. The molecule has 1 amide bonds. The molecule has 4 nitrogen and oxygen atoms in total.